The monoisotopic (exact) mass is 277 g/mol. The Kier molecular flexibility index (Phi) is 3.53. The van der Waals surface area contributed by atoms with E-state index in [-0.39, 0.29) is 19.6 Å². The molecule has 2 N–H and O–H groups in total. The normalized spacial score (nSPS) is 24.8. The summed E-state index contributed by atoms with van der Waals surface area (Å²) in [5, 5.41) is 3.72. The zero-order chi connectivity index (χ0) is 14.2. The smallest absolute Gasteiger partial charge is 0.369 e. The molecule has 1 aromatic heterocycles. The summed E-state index contributed by atoms with van der Waals surface area (Å²) in [5.74, 6) is -3.24. The third-order valence-electron chi connectivity index (χ3n) is 3.24. The number of nitrogens with zero attached hydrogens (tertiary/aromatic N) is 2. The third-order valence-corrected chi connectivity index (χ3v) is 3.24. The van der Waals surface area contributed by atoms with Gasteiger partial charge < -0.3 is 10.3 Å². The van der Waals surface area contributed by atoms with Gasteiger partial charge in [0.25, 0.3) is 0 Å². The van der Waals surface area contributed by atoms with Crippen LogP contribution >= 0.6 is 0 Å². The highest BCUT2D eigenvalue weighted by molar-refractivity contribution is 5.77. The number of hydrogen-bond acceptors (Lipinski definition) is 4. The van der Waals surface area contributed by atoms with E-state index in [1.807, 2.05) is 0 Å². The molecule has 0 saturated carbocycles. The van der Waals surface area contributed by atoms with Crippen molar-refractivity contribution in [2.45, 2.75) is 19.6 Å². The molecular formula is C11H14F3N3O2. The van der Waals surface area contributed by atoms with Crippen LogP contribution in [-0.2, 0) is 11.3 Å². The number of nitrogens with two attached hydrogens (primary N) is 1. The van der Waals surface area contributed by atoms with Gasteiger partial charge >= 0.3 is 6.18 Å². The predicted octanol–water partition coefficient (Wildman–Crippen LogP) is 1.08. The van der Waals surface area contributed by atoms with Gasteiger partial charge in [-0.3, -0.25) is 9.69 Å². The quantitative estimate of drug-likeness (QED) is 0.897. The fraction of sp³-hybridized carbons (Fsp3) is 0.636. The average Bonchev–Trinajstić information content (AvgIpc) is 2.85. The molecule has 106 valence electrons. The van der Waals surface area contributed by atoms with Crippen molar-refractivity contribution in [3.63, 3.8) is 0 Å². The molecule has 0 spiro atoms. The number of aromatic nitrogens is 1. The zero-order valence-corrected chi connectivity index (χ0v) is 10.3. The van der Waals surface area contributed by atoms with Crippen LogP contribution in [0.3, 0.4) is 0 Å². The van der Waals surface area contributed by atoms with E-state index < -0.39 is 23.9 Å². The number of carbonyl (C=O) groups excluding carboxylic acids is 1. The molecule has 0 unspecified atom stereocenters. The molecule has 1 amide bonds. The SMILES string of the molecule is Cc1cc(CN2C[C@@H](C(F)(F)F)[C@H](C(N)=O)C2)no1. The first-order chi connectivity index (χ1) is 8.77. The van der Waals surface area contributed by atoms with Gasteiger partial charge in [0.15, 0.2) is 0 Å². The number of carbonyl (C=O) groups is 1. The van der Waals surface area contributed by atoms with Crippen molar-refractivity contribution in [3.05, 3.63) is 17.5 Å². The van der Waals surface area contributed by atoms with E-state index in [2.05, 4.69) is 5.16 Å². The average molecular weight is 277 g/mol. The van der Waals surface area contributed by atoms with Crippen molar-refractivity contribution in [3.8, 4) is 0 Å². The molecule has 19 heavy (non-hydrogen) atoms. The molecule has 0 aromatic carbocycles. The summed E-state index contributed by atoms with van der Waals surface area (Å²) >= 11 is 0. The summed E-state index contributed by atoms with van der Waals surface area (Å²) in [6, 6.07) is 1.65. The second kappa shape index (κ2) is 4.84. The Morgan fingerprint density at radius 1 is 1.58 bits per heavy atom. The Balaban J connectivity index is 2.07. The fourth-order valence-electron chi connectivity index (χ4n) is 2.36. The number of aryl methyl sites for hydroxylation is 1. The standard InChI is InChI=1S/C11H14F3N3O2/c1-6-2-7(16-19-6)3-17-4-8(10(15)18)9(5-17)11(12,13)14/h2,8-9H,3-5H2,1H3,(H2,15,18)/t8-,9-/m1/s1. The first-order valence-corrected chi connectivity index (χ1v) is 5.78. The number of likely N-dealkylation sites (tertiary alicyclic amines) is 1. The molecule has 8 heteroatoms. The van der Waals surface area contributed by atoms with Crippen molar-refractivity contribution >= 4 is 5.91 Å². The fourth-order valence-corrected chi connectivity index (χ4v) is 2.36. The van der Waals surface area contributed by atoms with Crippen molar-refractivity contribution in [1.29, 1.82) is 0 Å². The molecule has 1 fully saturated rings. The lowest BCUT2D eigenvalue weighted by molar-refractivity contribution is -0.182. The van der Waals surface area contributed by atoms with E-state index in [1.54, 1.807) is 13.0 Å². The van der Waals surface area contributed by atoms with Crippen LogP contribution in [0.1, 0.15) is 11.5 Å². The molecule has 1 aliphatic rings. The van der Waals surface area contributed by atoms with Crippen LogP contribution < -0.4 is 5.73 Å². The summed E-state index contributed by atoms with van der Waals surface area (Å²) < 4.78 is 43.3. The highest BCUT2D eigenvalue weighted by Crippen LogP contribution is 2.37. The van der Waals surface area contributed by atoms with Crippen molar-refractivity contribution < 1.29 is 22.5 Å². The number of primary amides is 1. The Morgan fingerprint density at radius 3 is 2.68 bits per heavy atom. The molecule has 0 aliphatic carbocycles. The van der Waals surface area contributed by atoms with Crippen LogP contribution in [0, 0.1) is 18.8 Å². The van der Waals surface area contributed by atoms with Crippen LogP contribution in [0.5, 0.6) is 0 Å². The molecule has 2 heterocycles. The van der Waals surface area contributed by atoms with Crippen LogP contribution in [-0.4, -0.2) is 35.2 Å². The topological polar surface area (TPSA) is 72.4 Å². The van der Waals surface area contributed by atoms with Crippen molar-refractivity contribution in [1.82, 2.24) is 10.1 Å². The number of halogens is 3. The van der Waals surface area contributed by atoms with Gasteiger partial charge in [0, 0.05) is 25.7 Å². The molecule has 1 aliphatic heterocycles. The van der Waals surface area contributed by atoms with Gasteiger partial charge in [-0.25, -0.2) is 0 Å². The predicted molar refractivity (Wildman–Crippen MR) is 58.7 cm³/mol. The van der Waals surface area contributed by atoms with Gasteiger partial charge in [-0.05, 0) is 6.92 Å². The van der Waals surface area contributed by atoms with Crippen LogP contribution in [0.2, 0.25) is 0 Å². The van der Waals surface area contributed by atoms with Crippen molar-refractivity contribution in [2.24, 2.45) is 17.6 Å². The summed E-state index contributed by atoms with van der Waals surface area (Å²) in [6.07, 6.45) is -4.42. The van der Waals surface area contributed by atoms with E-state index in [1.165, 1.54) is 4.90 Å². The highest BCUT2D eigenvalue weighted by atomic mass is 19.4. The van der Waals surface area contributed by atoms with E-state index in [0.29, 0.717) is 11.5 Å². The maximum atomic E-state index is 12.8. The van der Waals surface area contributed by atoms with Gasteiger partial charge in [-0.15, -0.1) is 0 Å². The first kappa shape index (κ1) is 13.9. The van der Waals surface area contributed by atoms with Gasteiger partial charge in [0.05, 0.1) is 17.5 Å². The van der Waals surface area contributed by atoms with E-state index >= 15 is 0 Å². The molecule has 2 atom stereocenters. The summed E-state index contributed by atoms with van der Waals surface area (Å²) in [4.78, 5) is 12.6. The van der Waals surface area contributed by atoms with Crippen molar-refractivity contribution in [2.75, 3.05) is 13.1 Å². The lowest BCUT2D eigenvalue weighted by Crippen LogP contribution is -2.37. The number of hydrogen-bond donors (Lipinski definition) is 1. The minimum Gasteiger partial charge on any atom is -0.369 e. The highest BCUT2D eigenvalue weighted by Gasteiger charge is 2.51. The lowest BCUT2D eigenvalue weighted by atomic mass is 9.95. The molecule has 1 saturated heterocycles. The van der Waals surface area contributed by atoms with E-state index in [0.717, 1.165) is 0 Å². The second-order valence-electron chi connectivity index (χ2n) is 4.78. The second-order valence-corrected chi connectivity index (χ2v) is 4.78. The lowest BCUT2D eigenvalue weighted by Gasteiger charge is -2.18. The van der Waals surface area contributed by atoms with Gasteiger partial charge in [-0.1, -0.05) is 5.16 Å². The number of amides is 1. The van der Waals surface area contributed by atoms with E-state index in [4.69, 9.17) is 10.3 Å². The Morgan fingerprint density at radius 2 is 2.26 bits per heavy atom. The maximum absolute atomic E-state index is 12.8. The zero-order valence-electron chi connectivity index (χ0n) is 10.3. The minimum atomic E-state index is -4.42. The molecule has 2 rings (SSSR count). The summed E-state index contributed by atoms with van der Waals surface area (Å²) in [7, 11) is 0. The van der Waals surface area contributed by atoms with E-state index in [9.17, 15) is 18.0 Å². The summed E-state index contributed by atoms with van der Waals surface area (Å²) in [5.41, 5.74) is 5.59. The van der Waals surface area contributed by atoms with Crippen LogP contribution in [0.15, 0.2) is 10.6 Å². The van der Waals surface area contributed by atoms with Crippen LogP contribution in [0.4, 0.5) is 13.2 Å². The molecule has 0 radical (unpaired) electrons. The molecular weight excluding hydrogens is 263 g/mol. The minimum absolute atomic E-state index is 0.00851. The number of rotatable bonds is 3. The Bertz CT molecular complexity index is 472. The van der Waals surface area contributed by atoms with Gasteiger partial charge in [0.2, 0.25) is 5.91 Å². The molecule has 0 bridgehead atoms. The van der Waals surface area contributed by atoms with Crippen LogP contribution in [0.25, 0.3) is 0 Å². The third kappa shape index (κ3) is 3.06. The van der Waals surface area contributed by atoms with Gasteiger partial charge in [-0.2, -0.15) is 13.2 Å². The number of alkyl halides is 3. The Labute approximate surface area is 107 Å². The molecule has 1 aromatic rings. The largest absolute Gasteiger partial charge is 0.393 e. The van der Waals surface area contributed by atoms with Gasteiger partial charge in [0.1, 0.15) is 5.76 Å². The Hall–Kier alpha value is -1.57. The first-order valence-electron chi connectivity index (χ1n) is 5.78. The maximum Gasteiger partial charge on any atom is 0.393 e. The summed E-state index contributed by atoms with van der Waals surface area (Å²) in [6.45, 7) is 1.66. The molecule has 5 nitrogen and oxygen atoms in total.